The van der Waals surface area contributed by atoms with Crippen molar-refractivity contribution in [3.05, 3.63) is 87.5 Å². The predicted molar refractivity (Wildman–Crippen MR) is 108 cm³/mol. The molecule has 0 amide bonds. The van der Waals surface area contributed by atoms with Crippen molar-refractivity contribution in [1.29, 1.82) is 0 Å². The van der Waals surface area contributed by atoms with Gasteiger partial charge in [-0.3, -0.25) is 19.5 Å². The molecule has 0 saturated carbocycles. The number of hydrogen-bond acceptors (Lipinski definition) is 6. The predicted octanol–water partition coefficient (Wildman–Crippen LogP) is 2.90. The van der Waals surface area contributed by atoms with E-state index in [1.807, 2.05) is 42.5 Å². The molecule has 0 aliphatic rings. The molecule has 1 unspecified atom stereocenters. The first-order valence-corrected chi connectivity index (χ1v) is 8.94. The number of aromatic nitrogens is 2. The van der Waals surface area contributed by atoms with E-state index in [1.54, 1.807) is 0 Å². The zero-order valence-corrected chi connectivity index (χ0v) is 15.3. The van der Waals surface area contributed by atoms with Crippen molar-refractivity contribution in [2.75, 3.05) is 6.61 Å². The van der Waals surface area contributed by atoms with Crippen LogP contribution in [0.5, 0.6) is 5.75 Å². The van der Waals surface area contributed by atoms with Crippen molar-refractivity contribution >= 4 is 27.4 Å². The Labute approximate surface area is 164 Å². The molecule has 29 heavy (non-hydrogen) atoms. The summed E-state index contributed by atoms with van der Waals surface area (Å²) in [5, 5.41) is 23.5. The van der Waals surface area contributed by atoms with E-state index in [2.05, 4.69) is 4.98 Å². The summed E-state index contributed by atoms with van der Waals surface area (Å²) in [4.78, 5) is 27.0. The Balaban J connectivity index is 1.47. The van der Waals surface area contributed by atoms with Crippen LogP contribution in [0.25, 0.3) is 21.7 Å². The number of aliphatic hydroxyl groups is 1. The zero-order chi connectivity index (χ0) is 20.4. The highest BCUT2D eigenvalue weighted by atomic mass is 16.6. The molecule has 1 aromatic heterocycles. The number of rotatable bonds is 6. The number of hydrogen-bond donors (Lipinski definition) is 1. The van der Waals surface area contributed by atoms with E-state index in [0.717, 1.165) is 10.8 Å². The third-order valence-corrected chi connectivity index (χ3v) is 4.59. The van der Waals surface area contributed by atoms with Crippen LogP contribution in [-0.2, 0) is 6.54 Å². The summed E-state index contributed by atoms with van der Waals surface area (Å²) >= 11 is 0. The van der Waals surface area contributed by atoms with Crippen LogP contribution in [0, 0.1) is 10.1 Å². The van der Waals surface area contributed by atoms with Crippen LogP contribution >= 0.6 is 0 Å². The maximum absolute atomic E-state index is 12.6. The maximum Gasteiger partial charge on any atom is 0.271 e. The van der Waals surface area contributed by atoms with E-state index >= 15 is 0 Å². The van der Waals surface area contributed by atoms with Crippen LogP contribution in [0.1, 0.15) is 0 Å². The van der Waals surface area contributed by atoms with Gasteiger partial charge in [0.05, 0.1) is 28.7 Å². The molecule has 8 nitrogen and oxygen atoms in total. The first-order chi connectivity index (χ1) is 14.0. The molecule has 1 heterocycles. The fourth-order valence-electron chi connectivity index (χ4n) is 3.12. The molecule has 0 spiro atoms. The van der Waals surface area contributed by atoms with Gasteiger partial charge in [0, 0.05) is 12.1 Å². The smallest absolute Gasteiger partial charge is 0.271 e. The minimum absolute atomic E-state index is 0.00305. The molecule has 0 aliphatic heterocycles. The second-order valence-corrected chi connectivity index (χ2v) is 6.63. The Morgan fingerprint density at radius 1 is 1.10 bits per heavy atom. The fraction of sp³-hybridized carbons (Fsp3) is 0.143. The summed E-state index contributed by atoms with van der Waals surface area (Å²) in [7, 11) is 0. The zero-order valence-electron chi connectivity index (χ0n) is 15.3. The summed E-state index contributed by atoms with van der Waals surface area (Å²) in [6, 6.07) is 17.4. The van der Waals surface area contributed by atoms with E-state index < -0.39 is 11.0 Å². The molecule has 4 rings (SSSR count). The molecule has 0 saturated heterocycles. The molecular weight excluding hydrogens is 374 g/mol. The number of non-ortho nitro benzene ring substituents is 1. The maximum atomic E-state index is 12.6. The van der Waals surface area contributed by atoms with E-state index in [0.29, 0.717) is 5.75 Å². The highest BCUT2D eigenvalue weighted by Crippen LogP contribution is 2.21. The molecule has 8 heteroatoms. The minimum atomic E-state index is -0.934. The van der Waals surface area contributed by atoms with E-state index in [1.165, 1.54) is 29.1 Å². The Kier molecular flexibility index (Phi) is 4.92. The summed E-state index contributed by atoms with van der Waals surface area (Å²) in [5.41, 5.74) is -0.275. The molecule has 0 fully saturated rings. The van der Waals surface area contributed by atoms with Crippen LogP contribution < -0.4 is 10.3 Å². The van der Waals surface area contributed by atoms with Gasteiger partial charge in [-0.05, 0) is 29.0 Å². The molecule has 0 bridgehead atoms. The first kappa shape index (κ1) is 18.6. The SMILES string of the molecule is O=c1c2ccc([N+](=O)[O-])cc2ncn1CC(O)COc1ccc2ccccc2c1. The van der Waals surface area contributed by atoms with Crippen molar-refractivity contribution in [3.63, 3.8) is 0 Å². The molecular formula is C21H17N3O5. The van der Waals surface area contributed by atoms with Crippen molar-refractivity contribution in [2.45, 2.75) is 12.6 Å². The van der Waals surface area contributed by atoms with Crippen LogP contribution in [0.3, 0.4) is 0 Å². The largest absolute Gasteiger partial charge is 0.491 e. The minimum Gasteiger partial charge on any atom is -0.491 e. The average molecular weight is 391 g/mol. The lowest BCUT2D eigenvalue weighted by Gasteiger charge is -2.14. The second kappa shape index (κ2) is 7.69. The van der Waals surface area contributed by atoms with Gasteiger partial charge in [-0.15, -0.1) is 0 Å². The number of benzene rings is 3. The Hall–Kier alpha value is -3.78. The molecule has 4 aromatic rings. The number of nitro groups is 1. The number of aliphatic hydroxyl groups excluding tert-OH is 1. The summed E-state index contributed by atoms with van der Waals surface area (Å²) < 4.78 is 6.92. The lowest BCUT2D eigenvalue weighted by molar-refractivity contribution is -0.384. The van der Waals surface area contributed by atoms with Crippen molar-refractivity contribution < 1.29 is 14.8 Å². The van der Waals surface area contributed by atoms with Crippen molar-refractivity contribution in [2.24, 2.45) is 0 Å². The van der Waals surface area contributed by atoms with Crippen molar-refractivity contribution in [3.8, 4) is 5.75 Å². The van der Waals surface area contributed by atoms with E-state index in [4.69, 9.17) is 4.74 Å². The average Bonchev–Trinajstić information content (AvgIpc) is 2.74. The number of nitrogens with zero attached hydrogens (tertiary/aromatic N) is 3. The second-order valence-electron chi connectivity index (χ2n) is 6.63. The van der Waals surface area contributed by atoms with Gasteiger partial charge in [0.25, 0.3) is 11.2 Å². The highest BCUT2D eigenvalue weighted by molar-refractivity contribution is 5.83. The Morgan fingerprint density at radius 2 is 1.90 bits per heavy atom. The lowest BCUT2D eigenvalue weighted by atomic mass is 10.1. The fourth-order valence-corrected chi connectivity index (χ4v) is 3.12. The normalized spacial score (nSPS) is 12.2. The van der Waals surface area contributed by atoms with Crippen LogP contribution in [-0.4, -0.2) is 32.3 Å². The Morgan fingerprint density at radius 3 is 2.69 bits per heavy atom. The van der Waals surface area contributed by atoms with Gasteiger partial charge >= 0.3 is 0 Å². The summed E-state index contributed by atoms with van der Waals surface area (Å²) in [6.07, 6.45) is 0.338. The highest BCUT2D eigenvalue weighted by Gasteiger charge is 2.13. The van der Waals surface area contributed by atoms with Gasteiger partial charge in [-0.1, -0.05) is 30.3 Å². The van der Waals surface area contributed by atoms with Crippen LogP contribution in [0.2, 0.25) is 0 Å². The van der Waals surface area contributed by atoms with Gasteiger partial charge in [-0.2, -0.15) is 0 Å². The van der Waals surface area contributed by atoms with Crippen molar-refractivity contribution in [1.82, 2.24) is 9.55 Å². The number of ether oxygens (including phenoxy) is 1. The van der Waals surface area contributed by atoms with Crippen LogP contribution in [0.15, 0.2) is 71.8 Å². The van der Waals surface area contributed by atoms with Crippen LogP contribution in [0.4, 0.5) is 5.69 Å². The van der Waals surface area contributed by atoms with E-state index in [-0.39, 0.29) is 35.3 Å². The number of fused-ring (bicyclic) bond motifs is 2. The summed E-state index contributed by atoms with van der Waals surface area (Å²) in [5.74, 6) is 0.624. The molecule has 1 atom stereocenters. The molecule has 1 N–H and O–H groups in total. The molecule has 146 valence electrons. The monoisotopic (exact) mass is 391 g/mol. The molecule has 3 aromatic carbocycles. The third kappa shape index (κ3) is 3.92. The standard InChI is InChI=1S/C21H17N3O5/c25-17(12-29-18-7-5-14-3-1-2-4-15(14)9-18)11-23-13-22-20-10-16(24(27)28)6-8-19(20)21(23)26/h1-10,13,17,25H,11-12H2. The van der Waals surface area contributed by atoms with Gasteiger partial charge in [0.15, 0.2) is 0 Å². The van der Waals surface area contributed by atoms with Gasteiger partial charge in [-0.25, -0.2) is 4.98 Å². The molecule has 0 radical (unpaired) electrons. The van der Waals surface area contributed by atoms with E-state index in [9.17, 15) is 20.0 Å². The van der Waals surface area contributed by atoms with Gasteiger partial charge in [0.1, 0.15) is 18.5 Å². The van der Waals surface area contributed by atoms with Gasteiger partial charge in [0.2, 0.25) is 0 Å². The topological polar surface area (TPSA) is 107 Å². The first-order valence-electron chi connectivity index (χ1n) is 8.94. The molecule has 0 aliphatic carbocycles. The third-order valence-electron chi connectivity index (χ3n) is 4.59. The lowest BCUT2D eigenvalue weighted by Crippen LogP contribution is -2.30. The quantitative estimate of drug-likeness (QED) is 0.400. The Bertz CT molecular complexity index is 1270. The van der Waals surface area contributed by atoms with Gasteiger partial charge < -0.3 is 9.84 Å². The summed E-state index contributed by atoms with van der Waals surface area (Å²) in [6.45, 7) is -0.00454. The number of nitro benzene ring substituents is 1.